The SMILES string of the molecule is CCCCC(CC)CC1(CC(CC)CCCC)c2cc(C=Cc3ccc(C=Cc4ccc(C)c5nsnc45)cc3)ccc2-c2ccc(-c3ccc4c(c3)C(CC(C)CC)(CC(C)CC)c3cc(-c5ccc6c(c5)C(CC(C)CC)(CC(C)CC)c5cc7c(cc5-6)C(CC(C)CC)(CC(C)CC)c5ccccc5-7)ccc3-4)cc21. The first-order valence-electron chi connectivity index (χ1n) is 45.0. The lowest BCUT2D eigenvalue weighted by molar-refractivity contribution is 0.266. The summed E-state index contributed by atoms with van der Waals surface area (Å²) in [4.78, 5) is 0. The van der Waals surface area contributed by atoms with Crippen LogP contribution in [0.3, 0.4) is 0 Å². The third-order valence-electron chi connectivity index (χ3n) is 29.4. The van der Waals surface area contributed by atoms with Gasteiger partial charge in [-0.25, -0.2) is 0 Å². The lowest BCUT2D eigenvalue weighted by Crippen LogP contribution is -2.31. The van der Waals surface area contributed by atoms with Gasteiger partial charge in [-0.1, -0.05) is 352 Å². The smallest absolute Gasteiger partial charge is 0.112 e. The summed E-state index contributed by atoms with van der Waals surface area (Å²) in [5.74, 6) is 4.73. The summed E-state index contributed by atoms with van der Waals surface area (Å²) in [6.45, 7) is 41.7. The molecule has 0 aliphatic heterocycles. The molecule has 4 aliphatic carbocycles. The summed E-state index contributed by atoms with van der Waals surface area (Å²) in [5, 5.41) is 0. The number of nitrogens with zero attached hydrogens (tertiary/aromatic N) is 2. The van der Waals surface area contributed by atoms with Gasteiger partial charge in [0.1, 0.15) is 11.0 Å². The van der Waals surface area contributed by atoms with Gasteiger partial charge >= 0.3 is 0 Å². The summed E-state index contributed by atoms with van der Waals surface area (Å²) in [6, 6.07) is 67.7. The van der Waals surface area contributed by atoms with E-state index >= 15 is 0 Å². The fourth-order valence-corrected chi connectivity index (χ4v) is 22.5. The molecule has 0 amide bonds. The van der Waals surface area contributed by atoms with E-state index in [0.717, 1.165) is 55.1 Å². The van der Waals surface area contributed by atoms with Crippen LogP contribution in [-0.4, -0.2) is 8.75 Å². The molecule has 0 spiro atoms. The Bertz CT molecular complexity index is 4970. The molecule has 1 aromatic heterocycles. The predicted octanol–water partition coefficient (Wildman–Crippen LogP) is 32.6. The van der Waals surface area contributed by atoms with E-state index in [1.807, 2.05) is 0 Å². The van der Waals surface area contributed by atoms with Gasteiger partial charge in [-0.3, -0.25) is 0 Å². The third-order valence-corrected chi connectivity index (χ3v) is 29.9. The lowest BCUT2D eigenvalue weighted by Gasteiger charge is -2.39. The molecule has 112 heavy (non-hydrogen) atoms. The molecular weight excluding hydrogens is 1370 g/mol. The van der Waals surface area contributed by atoms with E-state index in [1.165, 1.54) is 203 Å². The molecule has 0 radical (unpaired) electrons. The Hall–Kier alpha value is -7.72. The molecule has 2 nitrogen and oxygen atoms in total. The van der Waals surface area contributed by atoms with Crippen molar-refractivity contribution in [3.63, 3.8) is 0 Å². The van der Waals surface area contributed by atoms with Crippen LogP contribution in [0.2, 0.25) is 0 Å². The molecule has 0 N–H and O–H groups in total. The third kappa shape index (κ3) is 15.1. The minimum atomic E-state index is -0.157. The molecular formula is C109H134N2S. The topological polar surface area (TPSA) is 25.8 Å². The van der Waals surface area contributed by atoms with Gasteiger partial charge in [0.2, 0.25) is 0 Å². The number of fused-ring (bicyclic) bond motifs is 13. The number of hydrogen-bond donors (Lipinski definition) is 0. The quantitative estimate of drug-likeness (QED) is 0.0366. The molecule has 8 atom stereocenters. The van der Waals surface area contributed by atoms with Crippen molar-refractivity contribution >= 4 is 47.1 Å². The van der Waals surface area contributed by atoms with E-state index in [2.05, 4.69) is 315 Å². The van der Waals surface area contributed by atoms with Crippen molar-refractivity contribution in [2.24, 2.45) is 47.3 Å². The van der Waals surface area contributed by atoms with Gasteiger partial charge in [-0.2, -0.15) is 8.75 Å². The maximum atomic E-state index is 4.64. The van der Waals surface area contributed by atoms with Crippen LogP contribution >= 0.6 is 11.7 Å². The number of aryl methyl sites for hydroxylation is 1. The summed E-state index contributed by atoms with van der Waals surface area (Å²) >= 11 is 1.29. The first kappa shape index (κ1) is 80.9. The summed E-state index contributed by atoms with van der Waals surface area (Å²) in [7, 11) is 0. The van der Waals surface area contributed by atoms with Crippen molar-refractivity contribution < 1.29 is 0 Å². The molecule has 3 heteroatoms. The zero-order valence-corrected chi connectivity index (χ0v) is 72.7. The Labute approximate surface area is 682 Å². The first-order valence-corrected chi connectivity index (χ1v) is 45.7. The minimum absolute atomic E-state index is 0.0145. The highest BCUT2D eigenvalue weighted by Crippen LogP contribution is 2.64. The zero-order chi connectivity index (χ0) is 78.8. The fourth-order valence-electron chi connectivity index (χ4n) is 21.9. The van der Waals surface area contributed by atoms with E-state index in [1.54, 1.807) is 44.5 Å². The van der Waals surface area contributed by atoms with Crippen LogP contribution in [0.1, 0.15) is 324 Å². The summed E-state index contributed by atoms with van der Waals surface area (Å²) < 4.78 is 9.21. The molecule has 8 unspecified atom stereocenters. The van der Waals surface area contributed by atoms with E-state index < -0.39 is 0 Å². The van der Waals surface area contributed by atoms with Gasteiger partial charge < -0.3 is 0 Å². The number of rotatable bonds is 36. The second-order valence-corrected chi connectivity index (χ2v) is 37.5. The average Bonchev–Trinajstić information content (AvgIpc) is 1.54. The molecule has 4 aliphatic rings. The second-order valence-electron chi connectivity index (χ2n) is 37.0. The van der Waals surface area contributed by atoms with Crippen molar-refractivity contribution in [3.8, 4) is 66.8 Å². The Morgan fingerprint density at radius 1 is 0.295 bits per heavy atom. The fraction of sp³-hybridized carbons (Fsp3) is 0.468. The average molecular weight is 1500 g/mol. The molecule has 586 valence electrons. The van der Waals surface area contributed by atoms with Gasteiger partial charge in [0.25, 0.3) is 0 Å². The van der Waals surface area contributed by atoms with Gasteiger partial charge in [-0.15, -0.1) is 0 Å². The normalized spacial score (nSPS) is 20.6. The van der Waals surface area contributed by atoms with E-state index in [9.17, 15) is 0 Å². The Kier molecular flexibility index (Phi) is 24.8. The number of hydrogen-bond acceptors (Lipinski definition) is 3. The van der Waals surface area contributed by atoms with Crippen molar-refractivity contribution in [3.05, 3.63) is 236 Å². The van der Waals surface area contributed by atoms with Crippen LogP contribution in [0, 0.1) is 54.3 Å². The number of unbranched alkanes of at least 4 members (excludes halogenated alkanes) is 2. The van der Waals surface area contributed by atoms with Crippen LogP contribution in [0.15, 0.2) is 164 Å². The molecule has 0 saturated carbocycles. The highest BCUT2D eigenvalue weighted by molar-refractivity contribution is 7.00. The van der Waals surface area contributed by atoms with Gasteiger partial charge in [0.15, 0.2) is 0 Å². The minimum Gasteiger partial charge on any atom is -0.173 e. The molecule has 0 saturated heterocycles. The monoisotopic (exact) mass is 1500 g/mol. The molecule has 0 bridgehead atoms. The predicted molar refractivity (Wildman–Crippen MR) is 489 cm³/mol. The molecule has 14 rings (SSSR count). The van der Waals surface area contributed by atoms with E-state index in [0.29, 0.717) is 47.3 Å². The van der Waals surface area contributed by atoms with Crippen molar-refractivity contribution in [1.82, 2.24) is 8.75 Å². The van der Waals surface area contributed by atoms with E-state index in [-0.39, 0.29) is 21.7 Å². The Morgan fingerprint density at radius 3 is 1.02 bits per heavy atom. The van der Waals surface area contributed by atoms with Gasteiger partial charge in [0, 0.05) is 27.2 Å². The number of benzene rings is 9. The molecule has 9 aromatic carbocycles. The second kappa shape index (κ2) is 34.4. The summed E-state index contributed by atoms with van der Waals surface area (Å²) in [5.41, 5.74) is 37.4. The first-order chi connectivity index (χ1) is 54.3. The van der Waals surface area contributed by atoms with Crippen LogP contribution in [0.25, 0.3) is 102 Å². The molecule has 10 aromatic rings. The van der Waals surface area contributed by atoms with Gasteiger partial charge in [0.05, 0.1) is 11.7 Å². The van der Waals surface area contributed by atoms with Crippen LogP contribution < -0.4 is 0 Å². The summed E-state index contributed by atoms with van der Waals surface area (Å²) in [6.07, 6.45) is 35.5. The highest BCUT2D eigenvalue weighted by atomic mass is 32.1. The van der Waals surface area contributed by atoms with Gasteiger partial charge in [-0.05, 0) is 276 Å². The van der Waals surface area contributed by atoms with Crippen molar-refractivity contribution in [2.75, 3.05) is 0 Å². The van der Waals surface area contributed by atoms with Crippen LogP contribution in [0.4, 0.5) is 0 Å². The van der Waals surface area contributed by atoms with Crippen molar-refractivity contribution in [2.45, 2.75) is 281 Å². The van der Waals surface area contributed by atoms with Crippen LogP contribution in [0.5, 0.6) is 0 Å². The standard InChI is InChI=1S/C109H134N2S/c1-18-28-32-78(26-9)69-109(70-79(27-10)33-29-19-2)97-56-82(42-41-80-37-39-81(40-38-80)43-46-83-45-36-77(17)104-105(83)111-112-110-104)44-51-89(97)90-52-47-86(59-100(90)109)84-48-53-91-92-54-49-85(58-99(92)107(98(91)57-84,65-73(13)22-5)66-74(14)23-6)87-50-55-93-95-62-102-94(61-103(95)108(101(93)60-87,67-75(15)24-7)68-76(16)25-8)88-34-30-31-35-96(88)106(102,63-71(11)20-3)64-72(12)21-4/h30-31,34-62,71-76,78-79H,18-29,32-33,63-70H2,1-17H3. The molecule has 1 heterocycles. The Morgan fingerprint density at radius 2 is 0.616 bits per heavy atom. The largest absolute Gasteiger partial charge is 0.173 e. The molecule has 0 fully saturated rings. The highest BCUT2D eigenvalue weighted by Gasteiger charge is 2.52. The van der Waals surface area contributed by atoms with E-state index in [4.69, 9.17) is 0 Å². The maximum absolute atomic E-state index is 4.64. The maximum Gasteiger partial charge on any atom is 0.112 e. The number of aromatic nitrogens is 2. The Balaban J connectivity index is 0.874. The van der Waals surface area contributed by atoms with Crippen LogP contribution in [-0.2, 0) is 21.7 Å². The lowest BCUT2D eigenvalue weighted by atomic mass is 9.64. The van der Waals surface area contributed by atoms with Crippen molar-refractivity contribution in [1.29, 1.82) is 0 Å². The zero-order valence-electron chi connectivity index (χ0n) is 71.9.